The number of nitrogens with zero attached hydrogens (tertiary/aromatic N) is 1. The van der Waals surface area contributed by atoms with Crippen LogP contribution in [-0.2, 0) is 9.63 Å². The van der Waals surface area contributed by atoms with Crippen LogP contribution in [0.25, 0.3) is 0 Å². The molecule has 0 atom stereocenters. The molecule has 0 aliphatic heterocycles. The summed E-state index contributed by atoms with van der Waals surface area (Å²) in [5, 5.41) is 0.736. The van der Waals surface area contributed by atoms with E-state index < -0.39 is 6.03 Å². The Labute approximate surface area is 129 Å². The van der Waals surface area contributed by atoms with Gasteiger partial charge in [0.1, 0.15) is 0 Å². The fourth-order valence-corrected chi connectivity index (χ4v) is 2.10. The minimum atomic E-state index is -0.817. The van der Waals surface area contributed by atoms with Crippen LogP contribution in [-0.4, -0.2) is 23.6 Å². The first-order chi connectivity index (χ1) is 10.1. The Kier molecular flexibility index (Phi) is 13.1. The molecule has 0 aliphatic carbocycles. The van der Waals surface area contributed by atoms with Crippen LogP contribution in [0.4, 0.5) is 4.79 Å². The maximum absolute atomic E-state index is 11.9. The summed E-state index contributed by atoms with van der Waals surface area (Å²) in [5.74, 6) is -0.326. The number of primary amides is 1. The van der Waals surface area contributed by atoms with Gasteiger partial charge < -0.3 is 5.73 Å². The Bertz CT molecular complexity index is 283. The zero-order valence-electron chi connectivity index (χ0n) is 13.7. The van der Waals surface area contributed by atoms with Crippen LogP contribution < -0.4 is 5.73 Å². The molecule has 0 aliphatic rings. The van der Waals surface area contributed by atoms with Crippen LogP contribution in [0.3, 0.4) is 0 Å². The first-order valence-electron chi connectivity index (χ1n) is 8.38. The highest BCUT2D eigenvalue weighted by atomic mass is 16.7. The molecule has 0 saturated carbocycles. The number of imide groups is 1. The van der Waals surface area contributed by atoms with Crippen LogP contribution in [0.2, 0.25) is 0 Å². The molecule has 3 amide bonds. The van der Waals surface area contributed by atoms with Gasteiger partial charge in [-0.15, -0.1) is 5.06 Å². The molecule has 21 heavy (non-hydrogen) atoms. The molecule has 0 radical (unpaired) electrons. The molecule has 0 aromatic carbocycles. The van der Waals surface area contributed by atoms with E-state index in [-0.39, 0.29) is 5.91 Å². The zero-order valence-corrected chi connectivity index (χ0v) is 13.7. The van der Waals surface area contributed by atoms with E-state index in [1.54, 1.807) is 0 Å². The third-order valence-corrected chi connectivity index (χ3v) is 3.39. The third-order valence-electron chi connectivity index (χ3n) is 3.39. The van der Waals surface area contributed by atoms with Crippen LogP contribution in [0.1, 0.15) is 84.5 Å². The molecular weight excluding hydrogens is 268 g/mol. The Morgan fingerprint density at radius 1 is 0.857 bits per heavy atom. The van der Waals surface area contributed by atoms with Crippen molar-refractivity contribution >= 4 is 11.9 Å². The molecule has 0 heterocycles. The first-order valence-corrected chi connectivity index (χ1v) is 8.38. The SMILES string of the molecule is CCCCCCCON(C(N)=O)C(=O)CCCCCCC. The summed E-state index contributed by atoms with van der Waals surface area (Å²) in [6.45, 7) is 4.67. The van der Waals surface area contributed by atoms with E-state index >= 15 is 0 Å². The fraction of sp³-hybridized carbons (Fsp3) is 0.875. The van der Waals surface area contributed by atoms with E-state index in [0.29, 0.717) is 13.0 Å². The lowest BCUT2D eigenvalue weighted by molar-refractivity contribution is -0.168. The largest absolute Gasteiger partial charge is 0.349 e. The highest BCUT2D eigenvalue weighted by Gasteiger charge is 2.19. The molecule has 0 fully saturated rings. The van der Waals surface area contributed by atoms with Crippen molar-refractivity contribution in [2.45, 2.75) is 84.5 Å². The van der Waals surface area contributed by atoms with Gasteiger partial charge in [0.15, 0.2) is 0 Å². The number of carbonyl (C=O) groups is 2. The van der Waals surface area contributed by atoms with E-state index in [0.717, 1.165) is 43.6 Å². The topological polar surface area (TPSA) is 72.6 Å². The second kappa shape index (κ2) is 13.9. The molecule has 2 N–H and O–H groups in total. The summed E-state index contributed by atoms with van der Waals surface area (Å²) in [5.41, 5.74) is 5.19. The van der Waals surface area contributed by atoms with Crippen molar-refractivity contribution in [1.29, 1.82) is 0 Å². The van der Waals surface area contributed by atoms with Crippen molar-refractivity contribution in [2.75, 3.05) is 6.61 Å². The van der Waals surface area contributed by atoms with Gasteiger partial charge in [-0.3, -0.25) is 9.63 Å². The summed E-state index contributed by atoms with van der Waals surface area (Å²) in [6.07, 6.45) is 11.0. The third kappa shape index (κ3) is 11.3. The van der Waals surface area contributed by atoms with Gasteiger partial charge in [0, 0.05) is 6.42 Å². The molecule has 0 rings (SSSR count). The van der Waals surface area contributed by atoms with E-state index in [4.69, 9.17) is 10.6 Å². The number of amides is 3. The fourth-order valence-electron chi connectivity index (χ4n) is 2.10. The van der Waals surface area contributed by atoms with Crippen molar-refractivity contribution in [2.24, 2.45) is 5.73 Å². The van der Waals surface area contributed by atoms with Crippen LogP contribution in [0.5, 0.6) is 0 Å². The van der Waals surface area contributed by atoms with Gasteiger partial charge in [-0.1, -0.05) is 65.2 Å². The number of carbonyl (C=O) groups excluding carboxylic acids is 2. The van der Waals surface area contributed by atoms with Crippen LogP contribution in [0.15, 0.2) is 0 Å². The van der Waals surface area contributed by atoms with Gasteiger partial charge >= 0.3 is 6.03 Å². The van der Waals surface area contributed by atoms with Gasteiger partial charge in [-0.05, 0) is 12.8 Å². The Hall–Kier alpha value is -1.10. The van der Waals surface area contributed by atoms with Crippen molar-refractivity contribution in [3.63, 3.8) is 0 Å². The van der Waals surface area contributed by atoms with Gasteiger partial charge in [-0.2, -0.15) is 0 Å². The number of unbranched alkanes of at least 4 members (excludes halogenated alkanes) is 8. The molecule has 0 unspecified atom stereocenters. The lowest BCUT2D eigenvalue weighted by Crippen LogP contribution is -2.40. The van der Waals surface area contributed by atoms with Crippen molar-refractivity contribution in [3.8, 4) is 0 Å². The standard InChI is InChI=1S/C16H32N2O3/c1-3-5-7-9-11-13-15(19)18(16(17)20)21-14-12-10-8-6-4-2/h3-14H2,1-2H3,(H2,17,20). The average Bonchev–Trinajstić information content (AvgIpc) is 2.45. The zero-order chi connectivity index (χ0) is 15.9. The van der Waals surface area contributed by atoms with E-state index in [2.05, 4.69) is 13.8 Å². The second-order valence-electron chi connectivity index (χ2n) is 5.44. The summed E-state index contributed by atoms with van der Waals surface area (Å²) in [7, 11) is 0. The van der Waals surface area contributed by atoms with Gasteiger partial charge in [0.05, 0.1) is 6.61 Å². The predicted molar refractivity (Wildman–Crippen MR) is 84.5 cm³/mol. The van der Waals surface area contributed by atoms with Gasteiger partial charge in [0.25, 0.3) is 5.91 Å². The van der Waals surface area contributed by atoms with Crippen molar-refractivity contribution in [3.05, 3.63) is 0 Å². The van der Waals surface area contributed by atoms with Gasteiger partial charge in [0.2, 0.25) is 0 Å². The highest BCUT2D eigenvalue weighted by Crippen LogP contribution is 2.08. The minimum Gasteiger partial charge on any atom is -0.349 e. The Balaban J connectivity index is 3.83. The number of nitrogens with two attached hydrogens (primary N) is 1. The van der Waals surface area contributed by atoms with E-state index in [1.165, 1.54) is 25.7 Å². The highest BCUT2D eigenvalue weighted by molar-refractivity contribution is 5.92. The maximum Gasteiger partial charge on any atom is 0.346 e. The van der Waals surface area contributed by atoms with Crippen LogP contribution in [0, 0.1) is 0 Å². The molecule has 124 valence electrons. The van der Waals surface area contributed by atoms with E-state index in [9.17, 15) is 9.59 Å². The quantitative estimate of drug-likeness (QED) is 0.410. The average molecular weight is 300 g/mol. The summed E-state index contributed by atoms with van der Waals surface area (Å²) < 4.78 is 0. The molecule has 0 saturated heterocycles. The lowest BCUT2D eigenvalue weighted by Gasteiger charge is -2.17. The maximum atomic E-state index is 11.9. The number of hydroxylamine groups is 2. The van der Waals surface area contributed by atoms with Gasteiger partial charge in [-0.25, -0.2) is 4.79 Å². The number of hydrogen-bond donors (Lipinski definition) is 1. The summed E-state index contributed by atoms with van der Waals surface area (Å²) in [6, 6.07) is -0.817. The number of rotatable bonds is 13. The molecular formula is C16H32N2O3. The molecule has 0 aromatic rings. The Morgan fingerprint density at radius 3 is 1.90 bits per heavy atom. The summed E-state index contributed by atoms with van der Waals surface area (Å²) >= 11 is 0. The van der Waals surface area contributed by atoms with E-state index in [1.807, 2.05) is 0 Å². The predicted octanol–water partition coefficient (Wildman–Crippen LogP) is 4.16. The van der Waals surface area contributed by atoms with Crippen molar-refractivity contribution in [1.82, 2.24) is 5.06 Å². The van der Waals surface area contributed by atoms with Crippen LogP contribution >= 0.6 is 0 Å². The molecule has 5 heteroatoms. The number of urea groups is 1. The minimum absolute atomic E-state index is 0.322. The molecule has 0 spiro atoms. The monoisotopic (exact) mass is 300 g/mol. The second-order valence-corrected chi connectivity index (χ2v) is 5.44. The first kappa shape index (κ1) is 19.9. The molecule has 5 nitrogen and oxygen atoms in total. The molecule has 0 aromatic heterocycles. The number of hydrogen-bond acceptors (Lipinski definition) is 3. The smallest absolute Gasteiger partial charge is 0.346 e. The van der Waals surface area contributed by atoms with Crippen molar-refractivity contribution < 1.29 is 14.4 Å². The lowest BCUT2D eigenvalue weighted by atomic mass is 10.1. The molecule has 0 bridgehead atoms. The normalized spacial score (nSPS) is 10.6. The summed E-state index contributed by atoms with van der Waals surface area (Å²) in [4.78, 5) is 28.4. The Morgan fingerprint density at radius 2 is 1.38 bits per heavy atom.